The van der Waals surface area contributed by atoms with Crippen LogP contribution in [0.3, 0.4) is 0 Å². The molecular formula is C19H19ClN2O5. The minimum Gasteiger partial charge on any atom is -0.452 e. The molecule has 0 saturated heterocycles. The van der Waals surface area contributed by atoms with Gasteiger partial charge < -0.3 is 10.1 Å². The van der Waals surface area contributed by atoms with Gasteiger partial charge in [0.15, 0.2) is 6.61 Å². The fourth-order valence-corrected chi connectivity index (χ4v) is 2.58. The number of carbonyl (C=O) groups is 2. The average Bonchev–Trinajstić information content (AvgIpc) is 2.62. The number of nitro benzene ring substituents is 1. The molecule has 0 unspecified atom stereocenters. The van der Waals surface area contributed by atoms with Crippen LogP contribution in [0.1, 0.15) is 40.0 Å². The third kappa shape index (κ3) is 5.27. The lowest BCUT2D eigenvalue weighted by molar-refractivity contribution is -0.384. The molecule has 2 aromatic carbocycles. The van der Waals surface area contributed by atoms with E-state index in [-0.39, 0.29) is 16.6 Å². The highest BCUT2D eigenvalue weighted by Gasteiger charge is 2.18. The zero-order chi connectivity index (χ0) is 20.1. The SMILES string of the molecule is Cc1ccc([C@@H](C)NC(=O)COC(=O)c2ccc(Cl)c([N+](=O)[O-])c2)cc1C. The summed E-state index contributed by atoms with van der Waals surface area (Å²) in [7, 11) is 0. The van der Waals surface area contributed by atoms with Gasteiger partial charge in [-0.2, -0.15) is 0 Å². The molecule has 0 heterocycles. The molecule has 0 fully saturated rings. The first-order valence-electron chi connectivity index (χ1n) is 8.16. The summed E-state index contributed by atoms with van der Waals surface area (Å²) >= 11 is 5.70. The summed E-state index contributed by atoms with van der Waals surface area (Å²) in [5.41, 5.74) is 2.75. The Morgan fingerprint density at radius 1 is 1.19 bits per heavy atom. The molecule has 8 heteroatoms. The quantitative estimate of drug-likeness (QED) is 0.458. The van der Waals surface area contributed by atoms with Gasteiger partial charge in [0.25, 0.3) is 11.6 Å². The average molecular weight is 391 g/mol. The van der Waals surface area contributed by atoms with Crippen LogP contribution in [0.15, 0.2) is 36.4 Å². The second-order valence-electron chi connectivity index (χ2n) is 6.13. The zero-order valence-electron chi connectivity index (χ0n) is 15.1. The molecule has 2 aromatic rings. The largest absolute Gasteiger partial charge is 0.452 e. The molecule has 7 nitrogen and oxygen atoms in total. The molecule has 0 aliphatic carbocycles. The Kier molecular flexibility index (Phi) is 6.52. The maximum atomic E-state index is 12.0. The molecule has 0 spiro atoms. The van der Waals surface area contributed by atoms with Crippen molar-refractivity contribution in [3.8, 4) is 0 Å². The van der Waals surface area contributed by atoms with Gasteiger partial charge in [0.05, 0.1) is 16.5 Å². The van der Waals surface area contributed by atoms with Crippen molar-refractivity contribution in [3.63, 3.8) is 0 Å². The first-order chi connectivity index (χ1) is 12.7. The monoisotopic (exact) mass is 390 g/mol. The van der Waals surface area contributed by atoms with Crippen molar-refractivity contribution >= 4 is 29.2 Å². The molecular weight excluding hydrogens is 372 g/mol. The van der Waals surface area contributed by atoms with Gasteiger partial charge in [-0.25, -0.2) is 4.79 Å². The van der Waals surface area contributed by atoms with Gasteiger partial charge in [0, 0.05) is 6.07 Å². The van der Waals surface area contributed by atoms with Crippen molar-refractivity contribution in [2.45, 2.75) is 26.8 Å². The maximum Gasteiger partial charge on any atom is 0.338 e. The number of hydrogen-bond donors (Lipinski definition) is 1. The Hall–Kier alpha value is -2.93. The van der Waals surface area contributed by atoms with Crippen LogP contribution < -0.4 is 5.32 Å². The molecule has 0 aromatic heterocycles. The summed E-state index contributed by atoms with van der Waals surface area (Å²) in [5.74, 6) is -1.32. The van der Waals surface area contributed by atoms with Crippen molar-refractivity contribution < 1.29 is 19.2 Å². The maximum absolute atomic E-state index is 12.0. The third-order valence-corrected chi connectivity index (χ3v) is 4.44. The van der Waals surface area contributed by atoms with E-state index in [4.69, 9.17) is 16.3 Å². The van der Waals surface area contributed by atoms with E-state index < -0.39 is 29.1 Å². The number of amides is 1. The summed E-state index contributed by atoms with van der Waals surface area (Å²) in [4.78, 5) is 34.2. The molecule has 2 rings (SSSR count). The van der Waals surface area contributed by atoms with Crippen LogP contribution in [-0.4, -0.2) is 23.4 Å². The highest BCUT2D eigenvalue weighted by Crippen LogP contribution is 2.25. The van der Waals surface area contributed by atoms with Crippen LogP contribution in [0, 0.1) is 24.0 Å². The Bertz CT molecular complexity index is 898. The summed E-state index contributed by atoms with van der Waals surface area (Å²) in [6.07, 6.45) is 0. The minimum atomic E-state index is -0.844. The Morgan fingerprint density at radius 2 is 1.89 bits per heavy atom. The third-order valence-electron chi connectivity index (χ3n) is 4.12. The van der Waals surface area contributed by atoms with Crippen molar-refractivity contribution in [1.82, 2.24) is 5.32 Å². The van der Waals surface area contributed by atoms with Crippen LogP contribution in [0.4, 0.5) is 5.69 Å². The Morgan fingerprint density at radius 3 is 2.52 bits per heavy atom. The number of aryl methyl sites for hydroxylation is 2. The van der Waals surface area contributed by atoms with E-state index in [2.05, 4.69) is 5.32 Å². The summed E-state index contributed by atoms with van der Waals surface area (Å²) in [6.45, 7) is 5.32. The van der Waals surface area contributed by atoms with Gasteiger partial charge in [0.1, 0.15) is 5.02 Å². The number of nitrogens with zero attached hydrogens (tertiary/aromatic N) is 1. The molecule has 0 aliphatic heterocycles. The number of hydrogen-bond acceptors (Lipinski definition) is 5. The minimum absolute atomic E-state index is 0.0545. The van der Waals surface area contributed by atoms with E-state index in [0.717, 1.165) is 22.8 Å². The number of halogens is 1. The van der Waals surface area contributed by atoms with Crippen LogP contribution in [0.2, 0.25) is 5.02 Å². The van der Waals surface area contributed by atoms with Gasteiger partial charge >= 0.3 is 5.97 Å². The normalized spacial score (nSPS) is 11.6. The molecule has 0 bridgehead atoms. The van der Waals surface area contributed by atoms with Gasteiger partial charge in [-0.15, -0.1) is 0 Å². The van der Waals surface area contributed by atoms with Gasteiger partial charge in [-0.1, -0.05) is 29.8 Å². The summed E-state index contributed by atoms with van der Waals surface area (Å²) in [6, 6.07) is 9.17. The van der Waals surface area contributed by atoms with Crippen LogP contribution in [0.5, 0.6) is 0 Å². The zero-order valence-corrected chi connectivity index (χ0v) is 15.9. The molecule has 0 saturated carbocycles. The highest BCUT2D eigenvalue weighted by molar-refractivity contribution is 6.32. The second kappa shape index (κ2) is 8.64. The number of ether oxygens (including phenoxy) is 1. The van der Waals surface area contributed by atoms with E-state index in [1.807, 2.05) is 39.0 Å². The summed E-state index contributed by atoms with van der Waals surface area (Å²) in [5, 5.41) is 13.5. The topological polar surface area (TPSA) is 98.5 Å². The Balaban J connectivity index is 1.94. The molecule has 1 atom stereocenters. The smallest absolute Gasteiger partial charge is 0.338 e. The standard InChI is InChI=1S/C19H19ClN2O5/c1-11-4-5-14(8-12(11)2)13(3)21-18(23)10-27-19(24)15-6-7-16(20)17(9-15)22(25)26/h4-9,13H,10H2,1-3H3,(H,21,23)/t13-/m1/s1. The molecule has 1 amide bonds. The Labute approximate surface area is 161 Å². The number of carbonyl (C=O) groups excluding carboxylic acids is 2. The molecule has 142 valence electrons. The van der Waals surface area contributed by atoms with Crippen molar-refractivity contribution in [2.75, 3.05) is 6.61 Å². The number of esters is 1. The first kappa shape index (κ1) is 20.4. The predicted octanol–water partition coefficient (Wildman–Crippen LogP) is 3.90. The van der Waals surface area contributed by atoms with E-state index in [9.17, 15) is 19.7 Å². The highest BCUT2D eigenvalue weighted by atomic mass is 35.5. The lowest BCUT2D eigenvalue weighted by Gasteiger charge is -2.15. The number of nitrogens with one attached hydrogen (secondary N) is 1. The van der Waals surface area contributed by atoms with Crippen LogP contribution >= 0.6 is 11.6 Å². The fraction of sp³-hybridized carbons (Fsp3) is 0.263. The van der Waals surface area contributed by atoms with Crippen LogP contribution in [0.25, 0.3) is 0 Å². The van der Waals surface area contributed by atoms with Gasteiger partial charge in [-0.05, 0) is 49.6 Å². The van der Waals surface area contributed by atoms with Crippen molar-refractivity contribution in [1.29, 1.82) is 0 Å². The van der Waals surface area contributed by atoms with E-state index in [1.54, 1.807) is 0 Å². The van der Waals surface area contributed by atoms with Crippen molar-refractivity contribution in [2.24, 2.45) is 0 Å². The molecule has 0 aliphatic rings. The molecule has 0 radical (unpaired) electrons. The predicted molar refractivity (Wildman–Crippen MR) is 101 cm³/mol. The fourth-order valence-electron chi connectivity index (χ4n) is 2.39. The van der Waals surface area contributed by atoms with Crippen LogP contribution in [-0.2, 0) is 9.53 Å². The van der Waals surface area contributed by atoms with E-state index in [0.29, 0.717) is 0 Å². The lowest BCUT2D eigenvalue weighted by Crippen LogP contribution is -2.31. The van der Waals surface area contributed by atoms with E-state index in [1.165, 1.54) is 12.1 Å². The summed E-state index contributed by atoms with van der Waals surface area (Å²) < 4.78 is 4.93. The van der Waals surface area contributed by atoms with E-state index >= 15 is 0 Å². The lowest BCUT2D eigenvalue weighted by atomic mass is 10.0. The van der Waals surface area contributed by atoms with Gasteiger partial charge in [-0.3, -0.25) is 14.9 Å². The number of benzene rings is 2. The molecule has 1 N–H and O–H groups in total. The number of rotatable bonds is 6. The number of nitro groups is 1. The second-order valence-corrected chi connectivity index (χ2v) is 6.54. The first-order valence-corrected chi connectivity index (χ1v) is 8.54. The van der Waals surface area contributed by atoms with Crippen molar-refractivity contribution in [3.05, 3.63) is 73.8 Å². The molecule has 27 heavy (non-hydrogen) atoms. The van der Waals surface area contributed by atoms with Gasteiger partial charge in [0.2, 0.25) is 0 Å².